The predicted molar refractivity (Wildman–Crippen MR) is 75.4 cm³/mol. The van der Waals surface area contributed by atoms with Crippen LogP contribution < -0.4 is 5.32 Å². The molecule has 2 rings (SSSR count). The summed E-state index contributed by atoms with van der Waals surface area (Å²) in [6.45, 7) is 5.40. The van der Waals surface area contributed by atoms with Gasteiger partial charge in [-0.3, -0.25) is 4.68 Å². The van der Waals surface area contributed by atoms with Gasteiger partial charge in [0.1, 0.15) is 0 Å². The van der Waals surface area contributed by atoms with Gasteiger partial charge in [0.05, 0.1) is 5.69 Å². The van der Waals surface area contributed by atoms with Gasteiger partial charge in [0.15, 0.2) is 0 Å². The van der Waals surface area contributed by atoms with Crippen molar-refractivity contribution in [2.45, 2.75) is 65.0 Å². The van der Waals surface area contributed by atoms with Gasteiger partial charge in [-0.05, 0) is 32.6 Å². The third kappa shape index (κ3) is 3.58. The molecule has 0 bridgehead atoms. The van der Waals surface area contributed by atoms with E-state index in [1.54, 1.807) is 0 Å². The van der Waals surface area contributed by atoms with Gasteiger partial charge in [-0.15, -0.1) is 0 Å². The molecule has 0 unspecified atom stereocenters. The van der Waals surface area contributed by atoms with Crippen LogP contribution in [-0.2, 0) is 13.6 Å². The van der Waals surface area contributed by atoms with Crippen LogP contribution in [0.25, 0.3) is 0 Å². The second-order valence-corrected chi connectivity index (χ2v) is 5.83. The molecule has 0 radical (unpaired) electrons. The van der Waals surface area contributed by atoms with Crippen LogP contribution in [0.3, 0.4) is 0 Å². The Kier molecular flexibility index (Phi) is 4.81. The lowest BCUT2D eigenvalue weighted by Crippen LogP contribution is -2.33. The predicted octanol–water partition coefficient (Wildman–Crippen LogP) is 3.18. The molecular weight excluding hydrogens is 222 g/mol. The first-order chi connectivity index (χ1) is 8.66. The Morgan fingerprint density at radius 1 is 1.33 bits per heavy atom. The van der Waals surface area contributed by atoms with Gasteiger partial charge in [-0.1, -0.05) is 25.7 Å². The van der Waals surface area contributed by atoms with Crippen molar-refractivity contribution in [1.29, 1.82) is 0 Å². The second-order valence-electron chi connectivity index (χ2n) is 5.83. The van der Waals surface area contributed by atoms with E-state index in [2.05, 4.69) is 30.5 Å². The number of aryl methyl sites for hydroxylation is 2. The zero-order chi connectivity index (χ0) is 13.0. The topological polar surface area (TPSA) is 29.9 Å². The number of hydrogen-bond donors (Lipinski definition) is 1. The summed E-state index contributed by atoms with van der Waals surface area (Å²) in [4.78, 5) is 0. The molecule has 1 aromatic heterocycles. The van der Waals surface area contributed by atoms with E-state index < -0.39 is 0 Å². The molecule has 18 heavy (non-hydrogen) atoms. The quantitative estimate of drug-likeness (QED) is 0.831. The van der Waals surface area contributed by atoms with Crippen molar-refractivity contribution in [3.63, 3.8) is 0 Å². The SMILES string of the molecule is Cc1nn(C)cc1CN[C@@H](C)C1CCCCCC1. The van der Waals surface area contributed by atoms with Crippen LogP contribution in [0.15, 0.2) is 6.20 Å². The molecule has 1 aliphatic rings. The normalized spacial score (nSPS) is 19.7. The highest BCUT2D eigenvalue weighted by Gasteiger charge is 2.18. The Labute approximate surface area is 111 Å². The average Bonchev–Trinajstić information content (AvgIpc) is 2.59. The van der Waals surface area contributed by atoms with E-state index in [0.29, 0.717) is 6.04 Å². The Balaban J connectivity index is 1.83. The van der Waals surface area contributed by atoms with Crippen LogP contribution in [-0.4, -0.2) is 15.8 Å². The van der Waals surface area contributed by atoms with E-state index in [9.17, 15) is 0 Å². The van der Waals surface area contributed by atoms with Crippen molar-refractivity contribution in [3.8, 4) is 0 Å². The maximum absolute atomic E-state index is 4.39. The fraction of sp³-hybridized carbons (Fsp3) is 0.800. The van der Waals surface area contributed by atoms with Gasteiger partial charge >= 0.3 is 0 Å². The van der Waals surface area contributed by atoms with Gasteiger partial charge in [0, 0.05) is 31.4 Å². The third-order valence-corrected chi connectivity index (χ3v) is 4.34. The number of hydrogen-bond acceptors (Lipinski definition) is 2. The number of rotatable bonds is 4. The van der Waals surface area contributed by atoms with Gasteiger partial charge in [0.25, 0.3) is 0 Å². The molecule has 0 saturated heterocycles. The van der Waals surface area contributed by atoms with Crippen LogP contribution >= 0.6 is 0 Å². The highest BCUT2D eigenvalue weighted by molar-refractivity contribution is 5.14. The summed E-state index contributed by atoms with van der Waals surface area (Å²) in [5, 5.41) is 8.09. The molecule has 0 aliphatic heterocycles. The Hall–Kier alpha value is -0.830. The minimum Gasteiger partial charge on any atom is -0.310 e. The lowest BCUT2D eigenvalue weighted by Gasteiger charge is -2.23. The molecule has 1 N–H and O–H groups in total. The zero-order valence-corrected chi connectivity index (χ0v) is 12.1. The van der Waals surface area contributed by atoms with E-state index in [0.717, 1.165) is 18.2 Å². The van der Waals surface area contributed by atoms with Gasteiger partial charge < -0.3 is 5.32 Å². The van der Waals surface area contributed by atoms with E-state index in [1.165, 1.54) is 44.1 Å². The third-order valence-electron chi connectivity index (χ3n) is 4.34. The van der Waals surface area contributed by atoms with Gasteiger partial charge in [0.2, 0.25) is 0 Å². The van der Waals surface area contributed by atoms with E-state index in [4.69, 9.17) is 0 Å². The lowest BCUT2D eigenvalue weighted by atomic mass is 9.93. The minimum absolute atomic E-state index is 0.628. The summed E-state index contributed by atoms with van der Waals surface area (Å²) >= 11 is 0. The molecule has 1 aromatic rings. The molecule has 1 aliphatic carbocycles. The highest BCUT2D eigenvalue weighted by Crippen LogP contribution is 2.25. The number of aromatic nitrogens is 2. The molecule has 102 valence electrons. The molecule has 0 spiro atoms. The van der Waals surface area contributed by atoms with Crippen molar-refractivity contribution in [1.82, 2.24) is 15.1 Å². The zero-order valence-electron chi connectivity index (χ0n) is 12.1. The lowest BCUT2D eigenvalue weighted by molar-refractivity contribution is 0.336. The summed E-state index contributed by atoms with van der Waals surface area (Å²) in [6, 6.07) is 0.628. The van der Waals surface area contributed by atoms with Crippen LogP contribution in [0.2, 0.25) is 0 Å². The molecule has 0 amide bonds. The molecule has 1 atom stereocenters. The molecule has 1 saturated carbocycles. The first-order valence-electron chi connectivity index (χ1n) is 7.39. The summed E-state index contributed by atoms with van der Waals surface area (Å²) in [5.41, 5.74) is 2.48. The average molecular weight is 249 g/mol. The van der Waals surface area contributed by atoms with Gasteiger partial charge in [-0.25, -0.2) is 0 Å². The summed E-state index contributed by atoms with van der Waals surface area (Å²) in [5.74, 6) is 0.865. The van der Waals surface area contributed by atoms with E-state index in [1.807, 2.05) is 11.7 Å². The fourth-order valence-corrected chi connectivity index (χ4v) is 3.07. The Morgan fingerprint density at radius 2 is 2.00 bits per heavy atom. The smallest absolute Gasteiger partial charge is 0.0638 e. The van der Waals surface area contributed by atoms with E-state index in [-0.39, 0.29) is 0 Å². The van der Waals surface area contributed by atoms with Crippen molar-refractivity contribution in [2.24, 2.45) is 13.0 Å². The van der Waals surface area contributed by atoms with E-state index >= 15 is 0 Å². The highest BCUT2D eigenvalue weighted by atomic mass is 15.2. The van der Waals surface area contributed by atoms with Gasteiger partial charge in [-0.2, -0.15) is 5.10 Å². The van der Waals surface area contributed by atoms with Crippen LogP contribution in [0, 0.1) is 12.8 Å². The standard InChI is InChI=1S/C15H27N3/c1-12(14-8-6-4-5-7-9-14)16-10-15-11-18(3)17-13(15)2/h11-12,14,16H,4-10H2,1-3H3/t12-/m0/s1. The summed E-state index contributed by atoms with van der Waals surface area (Å²) < 4.78 is 1.91. The van der Waals surface area contributed by atoms with Crippen molar-refractivity contribution >= 4 is 0 Å². The molecule has 3 heteroatoms. The van der Waals surface area contributed by atoms with Crippen molar-refractivity contribution in [2.75, 3.05) is 0 Å². The molecular formula is C15H27N3. The molecule has 1 fully saturated rings. The Bertz CT molecular complexity index is 362. The number of nitrogens with one attached hydrogen (secondary N) is 1. The van der Waals surface area contributed by atoms with Crippen LogP contribution in [0.1, 0.15) is 56.7 Å². The largest absolute Gasteiger partial charge is 0.310 e. The fourth-order valence-electron chi connectivity index (χ4n) is 3.07. The maximum atomic E-state index is 4.39. The molecule has 0 aromatic carbocycles. The van der Waals surface area contributed by atoms with Crippen LogP contribution in [0.5, 0.6) is 0 Å². The first-order valence-corrected chi connectivity index (χ1v) is 7.39. The van der Waals surface area contributed by atoms with Crippen molar-refractivity contribution in [3.05, 3.63) is 17.5 Å². The second kappa shape index (κ2) is 6.37. The first kappa shape index (κ1) is 13.6. The maximum Gasteiger partial charge on any atom is 0.0638 e. The van der Waals surface area contributed by atoms with Crippen LogP contribution in [0.4, 0.5) is 0 Å². The summed E-state index contributed by atoms with van der Waals surface area (Å²) in [7, 11) is 1.99. The summed E-state index contributed by atoms with van der Waals surface area (Å²) in [6.07, 6.45) is 10.6. The number of nitrogens with zero attached hydrogens (tertiary/aromatic N) is 2. The Morgan fingerprint density at radius 3 is 2.56 bits per heavy atom. The monoisotopic (exact) mass is 249 g/mol. The van der Waals surface area contributed by atoms with Crippen molar-refractivity contribution < 1.29 is 0 Å². The molecule has 1 heterocycles. The molecule has 3 nitrogen and oxygen atoms in total. The minimum atomic E-state index is 0.628.